The summed E-state index contributed by atoms with van der Waals surface area (Å²) in [5, 5.41) is 14.1. The monoisotopic (exact) mass is 338 g/mol. The van der Waals surface area contributed by atoms with Crippen LogP contribution in [0.2, 0.25) is 0 Å². The summed E-state index contributed by atoms with van der Waals surface area (Å²) in [4.78, 5) is 14.9. The molecule has 0 radical (unpaired) electrons. The Balaban J connectivity index is 1.45. The Kier molecular flexibility index (Phi) is 4.26. The van der Waals surface area contributed by atoms with Gasteiger partial charge >= 0.3 is 0 Å². The zero-order valence-electron chi connectivity index (χ0n) is 13.6. The van der Waals surface area contributed by atoms with Crippen LogP contribution in [0.4, 0.5) is 5.69 Å². The maximum atomic E-state index is 12.7. The number of carbonyl (C=O) groups is 1. The molecule has 4 rings (SSSR count). The second-order valence-electron chi connectivity index (χ2n) is 6.05. The van der Waals surface area contributed by atoms with Crippen LogP contribution in [-0.2, 0) is 11.3 Å². The van der Waals surface area contributed by atoms with Gasteiger partial charge in [-0.3, -0.25) is 9.69 Å². The fourth-order valence-corrected chi connectivity index (χ4v) is 3.16. The number of hydrogen-bond acceptors (Lipinski definition) is 6. The number of nitrogens with zero attached hydrogens (tertiary/aromatic N) is 5. The first-order valence-corrected chi connectivity index (χ1v) is 8.19. The quantitative estimate of drug-likeness (QED) is 0.764. The molecule has 0 saturated carbocycles. The van der Waals surface area contributed by atoms with Crippen molar-refractivity contribution in [2.75, 3.05) is 11.9 Å². The summed E-state index contributed by atoms with van der Waals surface area (Å²) in [6.45, 7) is 1.63. The third kappa shape index (κ3) is 3.43. The van der Waals surface area contributed by atoms with Crippen molar-refractivity contribution in [2.45, 2.75) is 25.4 Å². The number of nitrogens with one attached hydrogen (secondary N) is 1. The van der Waals surface area contributed by atoms with E-state index in [2.05, 4.69) is 25.7 Å². The highest BCUT2D eigenvalue weighted by molar-refractivity contribution is 5.95. The van der Waals surface area contributed by atoms with Crippen molar-refractivity contribution in [3.63, 3.8) is 0 Å². The molecule has 1 unspecified atom stereocenters. The van der Waals surface area contributed by atoms with Gasteiger partial charge in [0, 0.05) is 17.8 Å². The normalized spacial score (nSPS) is 17.7. The van der Waals surface area contributed by atoms with Gasteiger partial charge in [-0.2, -0.15) is 0 Å². The molecular weight excluding hydrogens is 320 g/mol. The molecule has 1 saturated heterocycles. The van der Waals surface area contributed by atoms with E-state index < -0.39 is 0 Å². The molecular formula is C17H18N6O2. The number of furan rings is 1. The summed E-state index contributed by atoms with van der Waals surface area (Å²) in [7, 11) is 0. The lowest BCUT2D eigenvalue weighted by atomic mass is 10.2. The zero-order valence-corrected chi connectivity index (χ0v) is 13.6. The van der Waals surface area contributed by atoms with Gasteiger partial charge in [0.1, 0.15) is 6.33 Å². The van der Waals surface area contributed by atoms with Gasteiger partial charge in [-0.15, -0.1) is 5.10 Å². The second-order valence-corrected chi connectivity index (χ2v) is 6.05. The molecule has 1 N–H and O–H groups in total. The van der Waals surface area contributed by atoms with Crippen LogP contribution in [0.1, 0.15) is 18.4 Å². The van der Waals surface area contributed by atoms with E-state index in [1.54, 1.807) is 17.2 Å². The molecule has 3 aromatic rings. The van der Waals surface area contributed by atoms with E-state index in [1.807, 2.05) is 30.3 Å². The highest BCUT2D eigenvalue weighted by Crippen LogP contribution is 2.22. The summed E-state index contributed by atoms with van der Waals surface area (Å²) in [6.07, 6.45) is 6.77. The predicted molar refractivity (Wildman–Crippen MR) is 89.9 cm³/mol. The van der Waals surface area contributed by atoms with E-state index >= 15 is 0 Å². The van der Waals surface area contributed by atoms with Gasteiger partial charge in [-0.25, -0.2) is 4.68 Å². The van der Waals surface area contributed by atoms with Gasteiger partial charge in [-0.05, 0) is 54.1 Å². The molecule has 0 bridgehead atoms. The van der Waals surface area contributed by atoms with Crippen molar-refractivity contribution >= 4 is 11.6 Å². The Morgan fingerprint density at radius 2 is 2.32 bits per heavy atom. The summed E-state index contributed by atoms with van der Waals surface area (Å²) in [6, 6.07) is 9.26. The first-order chi connectivity index (χ1) is 12.3. The van der Waals surface area contributed by atoms with Crippen LogP contribution in [0.15, 0.2) is 53.6 Å². The number of likely N-dealkylation sites (tertiary alicyclic amines) is 1. The standard InChI is InChI=1S/C17H18N6O2/c24-17(16-5-2-7-22(16)10-13-6-8-25-11-13)19-14-3-1-4-15(9-14)23-12-18-20-21-23/h1,3-4,6,8-9,11-12,16H,2,5,7,10H2,(H,19,24). The Bertz CT molecular complexity index is 831. The zero-order chi connectivity index (χ0) is 17.1. The second kappa shape index (κ2) is 6.86. The third-order valence-corrected chi connectivity index (χ3v) is 4.36. The van der Waals surface area contributed by atoms with E-state index in [-0.39, 0.29) is 11.9 Å². The molecule has 1 amide bonds. The van der Waals surface area contributed by atoms with Crippen LogP contribution >= 0.6 is 0 Å². The largest absolute Gasteiger partial charge is 0.472 e. The van der Waals surface area contributed by atoms with Gasteiger partial charge in [0.25, 0.3) is 0 Å². The SMILES string of the molecule is O=C(Nc1cccc(-n2cnnn2)c1)C1CCCN1Cc1ccoc1. The maximum Gasteiger partial charge on any atom is 0.241 e. The molecule has 1 fully saturated rings. The molecule has 128 valence electrons. The van der Waals surface area contributed by atoms with Crippen molar-refractivity contribution in [1.82, 2.24) is 25.1 Å². The lowest BCUT2D eigenvalue weighted by molar-refractivity contribution is -0.120. The first-order valence-electron chi connectivity index (χ1n) is 8.19. The fourth-order valence-electron chi connectivity index (χ4n) is 3.16. The molecule has 8 heteroatoms. The summed E-state index contributed by atoms with van der Waals surface area (Å²) in [5.74, 6) is 0.00913. The van der Waals surface area contributed by atoms with Gasteiger partial charge in [-0.1, -0.05) is 6.07 Å². The molecule has 1 aliphatic rings. The average molecular weight is 338 g/mol. The van der Waals surface area contributed by atoms with Crippen LogP contribution in [0.25, 0.3) is 5.69 Å². The highest BCUT2D eigenvalue weighted by Gasteiger charge is 2.30. The lowest BCUT2D eigenvalue weighted by Crippen LogP contribution is -2.39. The Morgan fingerprint density at radius 1 is 1.36 bits per heavy atom. The van der Waals surface area contributed by atoms with Gasteiger partial charge < -0.3 is 9.73 Å². The minimum atomic E-state index is -0.133. The smallest absolute Gasteiger partial charge is 0.241 e. The molecule has 2 aromatic heterocycles. The topological polar surface area (TPSA) is 89.1 Å². The predicted octanol–water partition coefficient (Wildman–Crippen LogP) is 1.86. The van der Waals surface area contributed by atoms with Crippen molar-refractivity contribution in [3.8, 4) is 5.69 Å². The van der Waals surface area contributed by atoms with Crippen LogP contribution in [0, 0.1) is 0 Å². The first kappa shape index (κ1) is 15.5. The van der Waals surface area contributed by atoms with Crippen molar-refractivity contribution in [2.24, 2.45) is 0 Å². The van der Waals surface area contributed by atoms with E-state index in [4.69, 9.17) is 4.42 Å². The number of hydrogen-bond donors (Lipinski definition) is 1. The summed E-state index contributed by atoms with van der Waals surface area (Å²) < 4.78 is 6.67. The molecule has 3 heterocycles. The van der Waals surface area contributed by atoms with Crippen LogP contribution in [-0.4, -0.2) is 43.6 Å². The summed E-state index contributed by atoms with van der Waals surface area (Å²) in [5.41, 5.74) is 2.61. The minimum absolute atomic E-state index is 0.00913. The number of amides is 1. The van der Waals surface area contributed by atoms with Gasteiger partial charge in [0.05, 0.1) is 24.3 Å². The van der Waals surface area contributed by atoms with Crippen LogP contribution in [0.5, 0.6) is 0 Å². The van der Waals surface area contributed by atoms with Crippen molar-refractivity contribution in [1.29, 1.82) is 0 Å². The van der Waals surface area contributed by atoms with E-state index in [0.717, 1.165) is 42.9 Å². The maximum absolute atomic E-state index is 12.7. The molecule has 1 aromatic carbocycles. The molecule has 8 nitrogen and oxygen atoms in total. The Morgan fingerprint density at radius 3 is 3.12 bits per heavy atom. The van der Waals surface area contributed by atoms with Gasteiger partial charge in [0.15, 0.2) is 0 Å². The molecule has 1 atom stereocenters. The number of tetrazole rings is 1. The number of anilines is 1. The molecule has 25 heavy (non-hydrogen) atoms. The van der Waals surface area contributed by atoms with E-state index in [9.17, 15) is 4.79 Å². The molecule has 0 spiro atoms. The Labute approximate surface area is 144 Å². The highest BCUT2D eigenvalue weighted by atomic mass is 16.3. The minimum Gasteiger partial charge on any atom is -0.472 e. The third-order valence-electron chi connectivity index (χ3n) is 4.36. The fraction of sp³-hybridized carbons (Fsp3) is 0.294. The number of benzene rings is 1. The molecule has 1 aliphatic heterocycles. The number of aromatic nitrogens is 4. The van der Waals surface area contributed by atoms with Crippen LogP contribution < -0.4 is 5.32 Å². The Hall–Kier alpha value is -3.00. The summed E-state index contributed by atoms with van der Waals surface area (Å²) >= 11 is 0. The van der Waals surface area contributed by atoms with Crippen molar-refractivity contribution in [3.05, 3.63) is 54.7 Å². The van der Waals surface area contributed by atoms with Gasteiger partial charge in [0.2, 0.25) is 5.91 Å². The number of carbonyl (C=O) groups excluding carboxylic acids is 1. The number of rotatable bonds is 5. The lowest BCUT2D eigenvalue weighted by Gasteiger charge is -2.23. The molecule has 0 aliphatic carbocycles. The van der Waals surface area contributed by atoms with Crippen molar-refractivity contribution < 1.29 is 9.21 Å². The van der Waals surface area contributed by atoms with E-state index in [1.165, 1.54) is 6.33 Å². The van der Waals surface area contributed by atoms with E-state index in [0.29, 0.717) is 0 Å². The average Bonchev–Trinajstić information content (AvgIpc) is 3.38. The van der Waals surface area contributed by atoms with Crippen LogP contribution in [0.3, 0.4) is 0 Å².